The average molecular weight is 358 g/mol. The van der Waals surface area contributed by atoms with Crippen LogP contribution in [0.5, 0.6) is 0 Å². The van der Waals surface area contributed by atoms with E-state index in [1.165, 1.54) is 12.8 Å². The molecule has 8 nitrogen and oxygen atoms in total. The molecule has 3 saturated heterocycles. The van der Waals surface area contributed by atoms with Gasteiger partial charge in [-0.3, -0.25) is 4.79 Å². The molecule has 0 spiro atoms. The molecule has 0 unspecified atom stereocenters. The maximum atomic E-state index is 12.6. The van der Waals surface area contributed by atoms with Crippen molar-refractivity contribution in [2.75, 3.05) is 44.7 Å². The zero-order chi connectivity index (χ0) is 18.1. The van der Waals surface area contributed by atoms with E-state index in [9.17, 15) is 9.59 Å². The van der Waals surface area contributed by atoms with Gasteiger partial charge in [0.25, 0.3) is 0 Å². The number of nitrogens with zero attached hydrogens (tertiary/aromatic N) is 5. The van der Waals surface area contributed by atoms with Gasteiger partial charge in [-0.05, 0) is 25.7 Å². The molecule has 0 bridgehead atoms. The van der Waals surface area contributed by atoms with Crippen molar-refractivity contribution in [2.45, 2.75) is 37.6 Å². The highest BCUT2D eigenvalue weighted by molar-refractivity contribution is 5.90. The van der Waals surface area contributed by atoms with Crippen LogP contribution in [0.2, 0.25) is 0 Å². The van der Waals surface area contributed by atoms with E-state index in [4.69, 9.17) is 0 Å². The molecule has 1 aromatic heterocycles. The normalized spacial score (nSPS) is 24.3. The maximum absolute atomic E-state index is 12.6. The summed E-state index contributed by atoms with van der Waals surface area (Å²) >= 11 is 0. The Labute approximate surface area is 153 Å². The van der Waals surface area contributed by atoms with Crippen LogP contribution < -0.4 is 10.2 Å². The Kier molecular flexibility index (Phi) is 4.65. The van der Waals surface area contributed by atoms with Gasteiger partial charge in [0.15, 0.2) is 0 Å². The highest BCUT2D eigenvalue weighted by Crippen LogP contribution is 2.29. The van der Waals surface area contributed by atoms with E-state index in [-0.39, 0.29) is 11.9 Å². The minimum atomic E-state index is -0.412. The van der Waals surface area contributed by atoms with Crippen molar-refractivity contribution >= 4 is 17.8 Å². The smallest absolute Gasteiger partial charge is 0.317 e. The molecule has 3 fully saturated rings. The van der Waals surface area contributed by atoms with Gasteiger partial charge in [0, 0.05) is 50.9 Å². The van der Waals surface area contributed by atoms with Gasteiger partial charge in [-0.25, -0.2) is 14.8 Å². The summed E-state index contributed by atoms with van der Waals surface area (Å²) in [7, 11) is 1.71. The van der Waals surface area contributed by atoms with Crippen molar-refractivity contribution in [1.82, 2.24) is 25.1 Å². The Morgan fingerprint density at radius 3 is 2.54 bits per heavy atom. The minimum absolute atomic E-state index is 0.0293. The molecule has 8 heteroatoms. The number of aromatic nitrogens is 2. The number of carbonyl (C=O) groups excluding carboxylic acids is 2. The number of nitrogens with one attached hydrogen (secondary N) is 1. The molecule has 26 heavy (non-hydrogen) atoms. The first-order chi connectivity index (χ1) is 12.6. The molecule has 1 N–H and O–H groups in total. The Morgan fingerprint density at radius 2 is 1.88 bits per heavy atom. The number of hydrogen-bond donors (Lipinski definition) is 1. The molecule has 4 heterocycles. The molecule has 0 saturated carbocycles. The van der Waals surface area contributed by atoms with Gasteiger partial charge >= 0.3 is 6.03 Å². The van der Waals surface area contributed by atoms with Crippen LogP contribution in [-0.4, -0.2) is 77.5 Å². The molecule has 1 aromatic rings. The van der Waals surface area contributed by atoms with Gasteiger partial charge < -0.3 is 20.0 Å². The van der Waals surface area contributed by atoms with E-state index < -0.39 is 6.04 Å². The summed E-state index contributed by atoms with van der Waals surface area (Å²) in [5.74, 6) is 1.42. The summed E-state index contributed by atoms with van der Waals surface area (Å²) in [5.41, 5.74) is 1.09. The van der Waals surface area contributed by atoms with Crippen molar-refractivity contribution in [2.24, 2.45) is 0 Å². The summed E-state index contributed by atoms with van der Waals surface area (Å²) in [6.45, 7) is 4.02. The number of anilines is 1. The zero-order valence-electron chi connectivity index (χ0n) is 15.2. The molecular formula is C18H26N6O2. The second-order valence-electron chi connectivity index (χ2n) is 7.48. The van der Waals surface area contributed by atoms with E-state index >= 15 is 0 Å². The first kappa shape index (κ1) is 17.1. The number of carbonyl (C=O) groups is 2. The Balaban J connectivity index is 1.35. The number of rotatable bonds is 3. The number of likely N-dealkylation sites (tertiary alicyclic amines) is 1. The highest BCUT2D eigenvalue weighted by atomic mass is 16.2. The second kappa shape index (κ2) is 7.09. The fraction of sp³-hybridized carbons (Fsp3) is 0.667. The fourth-order valence-corrected chi connectivity index (χ4v) is 4.12. The van der Waals surface area contributed by atoms with Gasteiger partial charge in [-0.15, -0.1) is 0 Å². The largest absolute Gasteiger partial charge is 0.357 e. The van der Waals surface area contributed by atoms with Crippen molar-refractivity contribution in [3.05, 3.63) is 18.1 Å². The van der Waals surface area contributed by atoms with Crippen molar-refractivity contribution < 1.29 is 9.59 Å². The lowest BCUT2D eigenvalue weighted by Crippen LogP contribution is -2.48. The topological polar surface area (TPSA) is 81.7 Å². The molecule has 0 aromatic carbocycles. The lowest BCUT2D eigenvalue weighted by molar-refractivity contribution is -0.133. The third-order valence-corrected chi connectivity index (χ3v) is 5.73. The van der Waals surface area contributed by atoms with Crippen LogP contribution in [0.4, 0.5) is 10.6 Å². The number of amides is 3. The third kappa shape index (κ3) is 3.32. The zero-order valence-corrected chi connectivity index (χ0v) is 15.2. The predicted molar refractivity (Wildman–Crippen MR) is 97.0 cm³/mol. The van der Waals surface area contributed by atoms with Crippen molar-refractivity contribution in [3.8, 4) is 0 Å². The lowest BCUT2D eigenvalue weighted by atomic mass is 9.93. The fourth-order valence-electron chi connectivity index (χ4n) is 4.12. The average Bonchev–Trinajstić information content (AvgIpc) is 3.32. The summed E-state index contributed by atoms with van der Waals surface area (Å²) in [6.07, 6.45) is 5.93. The van der Waals surface area contributed by atoms with Crippen LogP contribution in [0.25, 0.3) is 0 Å². The van der Waals surface area contributed by atoms with Gasteiger partial charge in [0.05, 0.1) is 6.54 Å². The van der Waals surface area contributed by atoms with Gasteiger partial charge in [-0.1, -0.05) is 0 Å². The van der Waals surface area contributed by atoms with E-state index in [0.29, 0.717) is 25.6 Å². The Bertz CT molecular complexity index is 682. The van der Waals surface area contributed by atoms with Gasteiger partial charge in [-0.2, -0.15) is 0 Å². The molecule has 3 aliphatic rings. The molecular weight excluding hydrogens is 332 g/mol. The van der Waals surface area contributed by atoms with Gasteiger partial charge in [0.1, 0.15) is 18.2 Å². The first-order valence-electron chi connectivity index (χ1n) is 9.49. The Morgan fingerprint density at radius 1 is 1.15 bits per heavy atom. The van der Waals surface area contributed by atoms with Crippen LogP contribution >= 0.6 is 0 Å². The summed E-state index contributed by atoms with van der Waals surface area (Å²) < 4.78 is 0. The number of urea groups is 1. The van der Waals surface area contributed by atoms with Crippen molar-refractivity contribution in [1.29, 1.82) is 0 Å². The second-order valence-corrected chi connectivity index (χ2v) is 7.48. The van der Waals surface area contributed by atoms with Crippen LogP contribution in [0.15, 0.2) is 12.4 Å². The molecule has 0 radical (unpaired) electrons. The summed E-state index contributed by atoms with van der Waals surface area (Å²) in [4.78, 5) is 38.9. The molecule has 3 amide bonds. The molecule has 140 valence electrons. The minimum Gasteiger partial charge on any atom is -0.357 e. The summed E-state index contributed by atoms with van der Waals surface area (Å²) in [6, 6.07) is 1.54. The van der Waals surface area contributed by atoms with Crippen molar-refractivity contribution in [3.63, 3.8) is 0 Å². The van der Waals surface area contributed by atoms with Gasteiger partial charge in [0.2, 0.25) is 5.91 Å². The maximum Gasteiger partial charge on any atom is 0.317 e. The van der Waals surface area contributed by atoms with E-state index in [1.807, 2.05) is 4.90 Å². The quantitative estimate of drug-likeness (QED) is 0.865. The van der Waals surface area contributed by atoms with Crippen LogP contribution in [0.3, 0.4) is 0 Å². The Hall–Kier alpha value is -2.38. The SMILES string of the molecule is CN1C[C@@H](C(=O)N2CCC(c3cc(N4CCCC4)ncn3)CC2)NC1=O. The highest BCUT2D eigenvalue weighted by Gasteiger charge is 2.35. The van der Waals surface area contributed by atoms with E-state index in [1.54, 1.807) is 18.3 Å². The van der Waals surface area contributed by atoms with E-state index in [0.717, 1.165) is 37.4 Å². The number of likely N-dealkylation sites (N-methyl/N-ethyl adjacent to an activating group) is 1. The lowest BCUT2D eigenvalue weighted by Gasteiger charge is -2.33. The first-order valence-corrected chi connectivity index (χ1v) is 9.49. The van der Waals surface area contributed by atoms with Crippen LogP contribution in [0, 0.1) is 0 Å². The van der Waals surface area contributed by atoms with Crippen LogP contribution in [-0.2, 0) is 4.79 Å². The summed E-state index contributed by atoms with van der Waals surface area (Å²) in [5, 5.41) is 2.75. The molecule has 3 aliphatic heterocycles. The number of hydrogen-bond acceptors (Lipinski definition) is 5. The monoisotopic (exact) mass is 358 g/mol. The number of piperidine rings is 1. The van der Waals surface area contributed by atoms with Crippen LogP contribution in [0.1, 0.15) is 37.3 Å². The molecule has 4 rings (SSSR count). The predicted octanol–water partition coefficient (Wildman–Crippen LogP) is 0.806. The molecule has 0 aliphatic carbocycles. The standard InChI is InChI=1S/C18H26N6O2/c1-22-11-15(21-18(22)26)17(25)24-8-4-13(5-9-24)14-10-16(20-12-19-14)23-6-2-3-7-23/h10,12-13,15H,2-9,11H2,1H3,(H,21,26)/t15-/m0/s1. The van der Waals surface area contributed by atoms with E-state index in [2.05, 4.69) is 26.3 Å². The molecule has 1 atom stereocenters. The third-order valence-electron chi connectivity index (χ3n) is 5.73.